The molecule has 1 rings (SSSR count). The van der Waals surface area contributed by atoms with E-state index in [1.54, 1.807) is 6.07 Å². The molecule has 0 aliphatic heterocycles. The van der Waals surface area contributed by atoms with Crippen LogP contribution >= 0.6 is 22.9 Å². The monoisotopic (exact) mass is 147 g/mol. The molecule has 0 aliphatic rings. The molecular formula is C5H4ClOS. The molecule has 1 radical (unpaired) electrons. The highest BCUT2D eigenvalue weighted by atomic mass is 35.5. The largest absolute Gasteiger partial charge is 0.231 e. The van der Waals surface area contributed by atoms with Gasteiger partial charge in [0.25, 0.3) is 0 Å². The highest BCUT2D eigenvalue weighted by Gasteiger charge is 1.97. The van der Waals surface area contributed by atoms with Crippen molar-refractivity contribution < 1.29 is 5.11 Å². The van der Waals surface area contributed by atoms with E-state index in [-0.39, 0.29) is 6.61 Å². The van der Waals surface area contributed by atoms with E-state index < -0.39 is 0 Å². The van der Waals surface area contributed by atoms with Gasteiger partial charge in [-0.2, -0.15) is 0 Å². The zero-order chi connectivity index (χ0) is 5.98. The van der Waals surface area contributed by atoms with Crippen LogP contribution < -0.4 is 0 Å². The van der Waals surface area contributed by atoms with E-state index in [4.69, 9.17) is 11.6 Å². The smallest absolute Gasteiger partial charge is 0.118 e. The Morgan fingerprint density at radius 3 is 2.75 bits per heavy atom. The summed E-state index contributed by atoms with van der Waals surface area (Å²) in [6, 6.07) is 1.74. The molecule has 0 saturated carbocycles. The van der Waals surface area contributed by atoms with Gasteiger partial charge in [-0.25, -0.2) is 5.11 Å². The first-order chi connectivity index (χ1) is 3.84. The highest BCUT2D eigenvalue weighted by Crippen LogP contribution is 2.21. The molecule has 0 amide bonds. The second-order valence-corrected chi connectivity index (χ2v) is 2.74. The number of hydrogen-bond donors (Lipinski definition) is 0. The lowest BCUT2D eigenvalue weighted by atomic mass is 10.5. The van der Waals surface area contributed by atoms with Crippen LogP contribution in [0.3, 0.4) is 0 Å². The summed E-state index contributed by atoms with van der Waals surface area (Å²) in [5.41, 5.74) is 0. The van der Waals surface area contributed by atoms with Crippen molar-refractivity contribution in [2.45, 2.75) is 6.61 Å². The normalized spacial score (nSPS) is 9.75. The third-order valence-corrected chi connectivity index (χ3v) is 2.18. The molecule has 0 bridgehead atoms. The second-order valence-electron chi connectivity index (χ2n) is 1.34. The predicted octanol–water partition coefficient (Wildman–Crippen LogP) is 2.33. The Bertz CT molecular complexity index is 173. The lowest BCUT2D eigenvalue weighted by Gasteiger charge is -1.82. The zero-order valence-electron chi connectivity index (χ0n) is 4.06. The average Bonchev–Trinajstić information content (AvgIpc) is 2.14. The molecule has 0 fully saturated rings. The Morgan fingerprint density at radius 1 is 1.75 bits per heavy atom. The summed E-state index contributed by atoms with van der Waals surface area (Å²) in [7, 11) is 0. The fourth-order valence-electron chi connectivity index (χ4n) is 0.428. The standard InChI is InChI=1S/C5H4ClOS/c6-4-1-2-8-5(4)3-7/h1-2H,3H2. The minimum atomic E-state index is -0.198. The van der Waals surface area contributed by atoms with Crippen molar-refractivity contribution in [3.8, 4) is 0 Å². The number of hydrogen-bond acceptors (Lipinski definition) is 1. The number of thiophene rings is 1. The summed E-state index contributed by atoms with van der Waals surface area (Å²) in [4.78, 5) is 0.728. The number of rotatable bonds is 1. The molecule has 1 heterocycles. The average molecular weight is 148 g/mol. The maximum atomic E-state index is 10.1. The minimum absolute atomic E-state index is 0.198. The maximum absolute atomic E-state index is 10.1. The maximum Gasteiger partial charge on any atom is 0.118 e. The van der Waals surface area contributed by atoms with E-state index in [1.165, 1.54) is 11.3 Å². The Balaban J connectivity index is 2.92. The first-order valence-electron chi connectivity index (χ1n) is 2.14. The molecule has 1 aromatic heterocycles. The Morgan fingerprint density at radius 2 is 2.50 bits per heavy atom. The second kappa shape index (κ2) is 2.49. The van der Waals surface area contributed by atoms with Gasteiger partial charge >= 0.3 is 0 Å². The summed E-state index contributed by atoms with van der Waals surface area (Å²) in [5.74, 6) is 0. The van der Waals surface area contributed by atoms with Crippen molar-refractivity contribution in [1.82, 2.24) is 0 Å². The Kier molecular flexibility index (Phi) is 1.89. The molecular weight excluding hydrogens is 144 g/mol. The molecule has 0 N–H and O–H groups in total. The lowest BCUT2D eigenvalue weighted by Crippen LogP contribution is -1.70. The molecule has 0 atom stereocenters. The lowest BCUT2D eigenvalue weighted by molar-refractivity contribution is 0.180. The van der Waals surface area contributed by atoms with Gasteiger partial charge in [-0.1, -0.05) is 11.6 Å². The topological polar surface area (TPSA) is 19.9 Å². The highest BCUT2D eigenvalue weighted by molar-refractivity contribution is 7.10. The first kappa shape index (κ1) is 6.08. The van der Waals surface area contributed by atoms with Crippen molar-refractivity contribution in [1.29, 1.82) is 0 Å². The zero-order valence-corrected chi connectivity index (χ0v) is 5.63. The van der Waals surface area contributed by atoms with Crippen LogP contribution in [-0.2, 0) is 11.7 Å². The van der Waals surface area contributed by atoms with Crippen LogP contribution in [-0.4, -0.2) is 0 Å². The van der Waals surface area contributed by atoms with Crippen LogP contribution in [0, 0.1) is 0 Å². The van der Waals surface area contributed by atoms with Gasteiger partial charge < -0.3 is 0 Å². The fourth-order valence-corrected chi connectivity index (χ4v) is 1.37. The van der Waals surface area contributed by atoms with Crippen LogP contribution in [0.25, 0.3) is 0 Å². The van der Waals surface area contributed by atoms with Crippen LogP contribution in [0.15, 0.2) is 11.4 Å². The summed E-state index contributed by atoms with van der Waals surface area (Å²) in [5, 5.41) is 12.6. The van der Waals surface area contributed by atoms with E-state index in [0.717, 1.165) is 4.88 Å². The summed E-state index contributed by atoms with van der Waals surface area (Å²) < 4.78 is 0. The molecule has 3 heteroatoms. The van der Waals surface area contributed by atoms with Gasteiger partial charge in [0.2, 0.25) is 0 Å². The minimum Gasteiger partial charge on any atom is -0.231 e. The van der Waals surface area contributed by atoms with Crippen LogP contribution in [0.4, 0.5) is 0 Å². The Hall–Kier alpha value is -0.0500. The Labute approximate surface area is 56.5 Å². The van der Waals surface area contributed by atoms with Crippen LogP contribution in [0.2, 0.25) is 5.02 Å². The van der Waals surface area contributed by atoms with Gasteiger partial charge in [0.1, 0.15) is 6.61 Å². The summed E-state index contributed by atoms with van der Waals surface area (Å²) >= 11 is 6.96. The molecule has 0 aromatic carbocycles. The molecule has 1 nitrogen and oxygen atoms in total. The van der Waals surface area contributed by atoms with Crippen molar-refractivity contribution in [2.24, 2.45) is 0 Å². The summed E-state index contributed by atoms with van der Waals surface area (Å²) in [6.07, 6.45) is 0. The molecule has 0 aliphatic carbocycles. The van der Waals surface area contributed by atoms with E-state index in [2.05, 4.69) is 0 Å². The third-order valence-electron chi connectivity index (χ3n) is 0.822. The first-order valence-corrected chi connectivity index (χ1v) is 3.40. The van der Waals surface area contributed by atoms with E-state index in [0.29, 0.717) is 5.02 Å². The van der Waals surface area contributed by atoms with Gasteiger partial charge in [-0.3, -0.25) is 0 Å². The van der Waals surface area contributed by atoms with E-state index in [1.807, 2.05) is 5.38 Å². The van der Waals surface area contributed by atoms with E-state index >= 15 is 0 Å². The SMILES string of the molecule is [O]Cc1sccc1Cl. The molecule has 43 valence electrons. The number of halogens is 1. The van der Waals surface area contributed by atoms with Crippen LogP contribution in [0.1, 0.15) is 4.88 Å². The molecule has 8 heavy (non-hydrogen) atoms. The van der Waals surface area contributed by atoms with E-state index in [9.17, 15) is 5.11 Å². The molecule has 0 spiro atoms. The van der Waals surface area contributed by atoms with Gasteiger partial charge in [0.05, 0.1) is 9.90 Å². The van der Waals surface area contributed by atoms with Crippen molar-refractivity contribution in [3.05, 3.63) is 21.3 Å². The van der Waals surface area contributed by atoms with Crippen LogP contribution in [0.5, 0.6) is 0 Å². The summed E-state index contributed by atoms with van der Waals surface area (Å²) in [6.45, 7) is -0.198. The molecule has 0 saturated heterocycles. The third kappa shape index (κ3) is 1.02. The quantitative estimate of drug-likeness (QED) is 0.581. The fraction of sp³-hybridized carbons (Fsp3) is 0.200. The van der Waals surface area contributed by atoms with Gasteiger partial charge in [-0.15, -0.1) is 11.3 Å². The van der Waals surface area contributed by atoms with Crippen molar-refractivity contribution >= 4 is 22.9 Å². The van der Waals surface area contributed by atoms with Gasteiger partial charge in [0, 0.05) is 0 Å². The van der Waals surface area contributed by atoms with Gasteiger partial charge in [-0.05, 0) is 11.4 Å². The van der Waals surface area contributed by atoms with Crippen molar-refractivity contribution in [2.75, 3.05) is 0 Å². The molecule has 1 aromatic rings. The molecule has 0 unspecified atom stereocenters. The predicted molar refractivity (Wildman–Crippen MR) is 33.7 cm³/mol. The van der Waals surface area contributed by atoms with Gasteiger partial charge in [0.15, 0.2) is 0 Å². The van der Waals surface area contributed by atoms with Crippen molar-refractivity contribution in [3.63, 3.8) is 0 Å².